The van der Waals surface area contributed by atoms with E-state index >= 15 is 0 Å². The summed E-state index contributed by atoms with van der Waals surface area (Å²) in [6, 6.07) is 16.7. The van der Waals surface area contributed by atoms with Gasteiger partial charge in [0.1, 0.15) is 25.0 Å². The van der Waals surface area contributed by atoms with Crippen molar-refractivity contribution in [1.82, 2.24) is 9.78 Å². The van der Waals surface area contributed by atoms with E-state index in [1.807, 2.05) is 24.3 Å². The topological polar surface area (TPSA) is 79.9 Å². The molecule has 0 fully saturated rings. The monoisotopic (exact) mass is 330 g/mol. The molecule has 6 nitrogen and oxygen atoms in total. The van der Waals surface area contributed by atoms with Crippen molar-refractivity contribution in [3.05, 3.63) is 65.9 Å². The predicted molar refractivity (Wildman–Crippen MR) is 91.8 cm³/mol. The van der Waals surface area contributed by atoms with Crippen molar-refractivity contribution in [3.63, 3.8) is 0 Å². The lowest BCUT2D eigenvalue weighted by molar-refractivity contribution is -0.116. The quantitative estimate of drug-likeness (QED) is 0.800. The van der Waals surface area contributed by atoms with Crippen LogP contribution in [0.15, 0.2) is 54.7 Å². The van der Waals surface area contributed by atoms with Crippen LogP contribution in [-0.2, 0) is 17.9 Å². The van der Waals surface area contributed by atoms with Gasteiger partial charge in [0.2, 0.25) is 5.91 Å². The van der Waals surface area contributed by atoms with Gasteiger partial charge in [-0.15, -0.1) is 0 Å². The molecule has 0 saturated heterocycles. The van der Waals surface area contributed by atoms with Crippen LogP contribution in [0, 0.1) is 11.3 Å². The number of para-hydroxylation sites is 2. The van der Waals surface area contributed by atoms with Crippen molar-refractivity contribution in [1.29, 1.82) is 5.26 Å². The van der Waals surface area contributed by atoms with Crippen LogP contribution in [0.2, 0.25) is 0 Å². The Morgan fingerprint density at radius 1 is 1.24 bits per heavy atom. The van der Waals surface area contributed by atoms with Crippen molar-refractivity contribution in [2.45, 2.75) is 13.2 Å². The molecule has 1 aliphatic rings. The molecule has 1 amide bonds. The van der Waals surface area contributed by atoms with Crippen LogP contribution in [0.5, 0.6) is 5.75 Å². The molecular formula is C19H14N4O2. The van der Waals surface area contributed by atoms with Gasteiger partial charge in [-0.2, -0.15) is 10.4 Å². The summed E-state index contributed by atoms with van der Waals surface area (Å²) in [5, 5.41) is 16.2. The van der Waals surface area contributed by atoms with Gasteiger partial charge in [0.15, 0.2) is 0 Å². The van der Waals surface area contributed by atoms with Crippen molar-refractivity contribution in [2.24, 2.45) is 0 Å². The third-order valence-electron chi connectivity index (χ3n) is 4.06. The maximum absolute atomic E-state index is 12.4. The number of hydrogen-bond acceptors (Lipinski definition) is 4. The van der Waals surface area contributed by atoms with Gasteiger partial charge in [-0.1, -0.05) is 24.3 Å². The molecular weight excluding hydrogens is 316 g/mol. The number of nitrogens with one attached hydrogen (secondary N) is 1. The van der Waals surface area contributed by atoms with E-state index in [0.29, 0.717) is 17.9 Å². The van der Waals surface area contributed by atoms with E-state index < -0.39 is 0 Å². The summed E-state index contributed by atoms with van der Waals surface area (Å²) >= 11 is 0. The Bertz CT molecular complexity index is 1000. The van der Waals surface area contributed by atoms with E-state index in [1.165, 1.54) is 0 Å². The number of rotatable bonds is 3. The second-order valence-electron chi connectivity index (χ2n) is 5.67. The number of nitrogens with zero attached hydrogens (tertiary/aromatic N) is 3. The van der Waals surface area contributed by atoms with Gasteiger partial charge in [-0.05, 0) is 24.3 Å². The smallest absolute Gasteiger partial charge is 0.246 e. The molecule has 1 aliphatic heterocycles. The summed E-state index contributed by atoms with van der Waals surface area (Å²) in [4.78, 5) is 12.4. The molecule has 0 bridgehead atoms. The molecule has 6 heteroatoms. The molecule has 0 saturated carbocycles. The van der Waals surface area contributed by atoms with Crippen LogP contribution < -0.4 is 10.1 Å². The third-order valence-corrected chi connectivity index (χ3v) is 4.06. The minimum absolute atomic E-state index is 0.0590. The van der Waals surface area contributed by atoms with Crippen molar-refractivity contribution >= 4 is 11.6 Å². The SMILES string of the molecule is N#Cc1ccccc1NC(=O)Cn1ncc2c1-c1ccccc1OC2. The molecule has 0 spiro atoms. The second kappa shape index (κ2) is 6.13. The zero-order chi connectivity index (χ0) is 17.2. The Morgan fingerprint density at radius 2 is 2.04 bits per heavy atom. The molecule has 1 aromatic heterocycles. The highest BCUT2D eigenvalue weighted by Gasteiger charge is 2.22. The summed E-state index contributed by atoms with van der Waals surface area (Å²) in [5.41, 5.74) is 3.69. The molecule has 4 rings (SSSR count). The Balaban J connectivity index is 1.60. The average molecular weight is 330 g/mol. The first-order valence-electron chi connectivity index (χ1n) is 7.82. The van der Waals surface area contributed by atoms with Gasteiger partial charge in [0.05, 0.1) is 23.1 Å². The summed E-state index contributed by atoms with van der Waals surface area (Å²) in [6.07, 6.45) is 1.72. The minimum atomic E-state index is -0.238. The molecule has 2 heterocycles. The molecule has 25 heavy (non-hydrogen) atoms. The number of nitriles is 1. The molecule has 2 aromatic carbocycles. The second-order valence-corrected chi connectivity index (χ2v) is 5.67. The number of ether oxygens (including phenoxy) is 1. The fraction of sp³-hybridized carbons (Fsp3) is 0.105. The van der Waals surface area contributed by atoms with Crippen LogP contribution in [0.25, 0.3) is 11.3 Å². The molecule has 1 N–H and O–H groups in total. The van der Waals surface area contributed by atoms with Crippen LogP contribution >= 0.6 is 0 Å². The summed E-state index contributed by atoms with van der Waals surface area (Å²) in [7, 11) is 0. The van der Waals surface area contributed by atoms with E-state index in [9.17, 15) is 4.79 Å². The summed E-state index contributed by atoms with van der Waals surface area (Å²) < 4.78 is 7.37. The van der Waals surface area contributed by atoms with Gasteiger partial charge < -0.3 is 10.1 Å². The van der Waals surface area contributed by atoms with Crippen LogP contribution in [0.3, 0.4) is 0 Å². The first-order valence-corrected chi connectivity index (χ1v) is 7.82. The number of carbonyl (C=O) groups is 1. The standard InChI is InChI=1S/C19H14N4O2/c20-9-13-5-1-3-7-16(13)22-18(24)11-23-19-14(10-21-23)12-25-17-8-4-2-6-15(17)19/h1-8,10H,11-12H2,(H,22,24). The summed E-state index contributed by atoms with van der Waals surface area (Å²) in [6.45, 7) is 0.495. The molecule has 0 aliphatic carbocycles. The van der Waals surface area contributed by atoms with Crippen LogP contribution in [0.4, 0.5) is 5.69 Å². The zero-order valence-electron chi connectivity index (χ0n) is 13.3. The fourth-order valence-electron chi connectivity index (χ4n) is 2.92. The van der Waals surface area contributed by atoms with E-state index in [-0.39, 0.29) is 12.5 Å². The number of benzene rings is 2. The number of carbonyl (C=O) groups excluding carboxylic acids is 1. The number of amides is 1. The van der Waals surface area contributed by atoms with E-state index in [4.69, 9.17) is 10.00 Å². The predicted octanol–water partition coefficient (Wildman–Crippen LogP) is 2.95. The lowest BCUT2D eigenvalue weighted by Gasteiger charge is -2.19. The maximum atomic E-state index is 12.4. The van der Waals surface area contributed by atoms with E-state index in [0.717, 1.165) is 22.6 Å². The Morgan fingerprint density at radius 3 is 2.92 bits per heavy atom. The van der Waals surface area contributed by atoms with Gasteiger partial charge in [-0.25, -0.2) is 0 Å². The highest BCUT2D eigenvalue weighted by Crippen LogP contribution is 2.36. The maximum Gasteiger partial charge on any atom is 0.246 e. The lowest BCUT2D eigenvalue weighted by Crippen LogP contribution is -2.21. The first-order chi connectivity index (χ1) is 12.3. The number of aromatic nitrogens is 2. The zero-order valence-corrected chi connectivity index (χ0v) is 13.3. The molecule has 3 aromatic rings. The van der Waals surface area contributed by atoms with Crippen molar-refractivity contribution in [3.8, 4) is 23.1 Å². The number of hydrogen-bond donors (Lipinski definition) is 1. The average Bonchev–Trinajstić information content (AvgIpc) is 3.05. The minimum Gasteiger partial charge on any atom is -0.488 e. The highest BCUT2D eigenvalue weighted by atomic mass is 16.5. The van der Waals surface area contributed by atoms with E-state index in [1.54, 1.807) is 35.1 Å². The molecule has 0 atom stereocenters. The fourth-order valence-corrected chi connectivity index (χ4v) is 2.92. The molecule has 122 valence electrons. The molecule has 0 unspecified atom stereocenters. The normalized spacial score (nSPS) is 11.6. The van der Waals surface area contributed by atoms with Crippen LogP contribution in [-0.4, -0.2) is 15.7 Å². The van der Waals surface area contributed by atoms with E-state index in [2.05, 4.69) is 16.5 Å². The van der Waals surface area contributed by atoms with Gasteiger partial charge in [-0.3, -0.25) is 9.48 Å². The van der Waals surface area contributed by atoms with Crippen molar-refractivity contribution < 1.29 is 9.53 Å². The first kappa shape index (κ1) is 15.0. The number of fused-ring (bicyclic) bond motifs is 3. The Kier molecular flexibility index (Phi) is 3.67. The van der Waals surface area contributed by atoms with Gasteiger partial charge in [0, 0.05) is 11.1 Å². The number of anilines is 1. The lowest BCUT2D eigenvalue weighted by atomic mass is 10.0. The van der Waals surface area contributed by atoms with Crippen molar-refractivity contribution in [2.75, 3.05) is 5.32 Å². The third kappa shape index (κ3) is 2.72. The Labute approximate surface area is 144 Å². The van der Waals surface area contributed by atoms with Gasteiger partial charge >= 0.3 is 0 Å². The van der Waals surface area contributed by atoms with Crippen LogP contribution in [0.1, 0.15) is 11.1 Å². The largest absolute Gasteiger partial charge is 0.488 e. The highest BCUT2D eigenvalue weighted by molar-refractivity contribution is 5.92. The molecule has 0 radical (unpaired) electrons. The summed E-state index contributed by atoms with van der Waals surface area (Å²) in [5.74, 6) is 0.546. The Hall–Kier alpha value is -3.59. The van der Waals surface area contributed by atoms with Gasteiger partial charge in [0.25, 0.3) is 0 Å².